The van der Waals surface area contributed by atoms with Crippen molar-refractivity contribution in [3.8, 4) is 0 Å². The average molecular weight is 225 g/mol. The smallest absolute Gasteiger partial charge is 0.228 e. The summed E-state index contributed by atoms with van der Waals surface area (Å²) >= 11 is 0. The van der Waals surface area contributed by atoms with Gasteiger partial charge in [0, 0.05) is 24.0 Å². The molecule has 1 saturated heterocycles. The zero-order chi connectivity index (χ0) is 11.8. The fraction of sp³-hybridized carbons (Fsp3) is 0.917. The van der Waals surface area contributed by atoms with Crippen molar-refractivity contribution in [2.24, 2.45) is 11.3 Å². The molecule has 0 radical (unpaired) electrons. The summed E-state index contributed by atoms with van der Waals surface area (Å²) < 4.78 is 0. The van der Waals surface area contributed by atoms with Gasteiger partial charge < -0.3 is 4.90 Å². The highest BCUT2D eigenvalue weighted by molar-refractivity contribution is 5.83. The van der Waals surface area contributed by atoms with Crippen molar-refractivity contribution in [2.75, 3.05) is 13.1 Å². The molecule has 0 aromatic carbocycles. The fourth-order valence-electron chi connectivity index (χ4n) is 2.65. The number of nitrogens with zero attached hydrogens (tertiary/aromatic N) is 1. The molecule has 2 aliphatic rings. The lowest BCUT2D eigenvalue weighted by molar-refractivity contribution is -0.147. The molecule has 16 heavy (non-hydrogen) atoms. The Hall–Kier alpha value is -0.610. The molecule has 1 amide bonds. The van der Waals surface area contributed by atoms with Crippen molar-refractivity contribution >= 4 is 5.91 Å². The Bertz CT molecular complexity index is 278. The minimum atomic E-state index is -0.0517. The maximum Gasteiger partial charge on any atom is 0.228 e. The van der Waals surface area contributed by atoms with Crippen LogP contribution in [0.4, 0.5) is 0 Å². The van der Waals surface area contributed by atoms with Crippen LogP contribution in [0, 0.1) is 5.41 Å². The average Bonchev–Trinajstić information content (AvgIpc) is 2.26. The summed E-state index contributed by atoms with van der Waals surface area (Å²) in [6.07, 6.45) is 5.23. The van der Waals surface area contributed by atoms with Crippen molar-refractivity contribution in [2.45, 2.75) is 51.5 Å². The summed E-state index contributed by atoms with van der Waals surface area (Å²) in [4.78, 5) is 14.3. The van der Waals surface area contributed by atoms with Gasteiger partial charge in [0.05, 0.1) is 0 Å². The standard InChI is InChI=1S/C12H23N3O/c1-11(4-3-5-11)10(16)15-8-6-12(2,14-13)7-9-15/h14H,3-9,13H2,1-2H3. The lowest BCUT2D eigenvalue weighted by Gasteiger charge is -2.45. The summed E-state index contributed by atoms with van der Waals surface area (Å²) in [5, 5.41) is 0. The Kier molecular flexibility index (Phi) is 2.97. The van der Waals surface area contributed by atoms with Crippen LogP contribution < -0.4 is 11.3 Å². The lowest BCUT2D eigenvalue weighted by Crippen LogP contribution is -2.57. The second-order valence-corrected chi connectivity index (χ2v) is 5.91. The van der Waals surface area contributed by atoms with Gasteiger partial charge >= 0.3 is 0 Å². The molecule has 0 atom stereocenters. The summed E-state index contributed by atoms with van der Waals surface area (Å²) in [6, 6.07) is 0. The number of hydrogen-bond acceptors (Lipinski definition) is 3. The van der Waals surface area contributed by atoms with Gasteiger partial charge in [0.25, 0.3) is 0 Å². The van der Waals surface area contributed by atoms with Crippen LogP contribution in [0.2, 0.25) is 0 Å². The van der Waals surface area contributed by atoms with Gasteiger partial charge in [-0.3, -0.25) is 16.1 Å². The largest absolute Gasteiger partial charge is 0.342 e. The van der Waals surface area contributed by atoms with E-state index in [-0.39, 0.29) is 11.0 Å². The molecule has 3 N–H and O–H groups in total. The van der Waals surface area contributed by atoms with Crippen LogP contribution in [0.3, 0.4) is 0 Å². The SMILES string of the molecule is CC1(NN)CCN(C(=O)C2(C)CCC2)CC1. The van der Waals surface area contributed by atoms with Gasteiger partial charge in [0.2, 0.25) is 5.91 Å². The van der Waals surface area contributed by atoms with E-state index in [1.165, 1.54) is 6.42 Å². The molecule has 2 fully saturated rings. The van der Waals surface area contributed by atoms with Crippen LogP contribution >= 0.6 is 0 Å². The molecule has 1 aliphatic carbocycles. The maximum atomic E-state index is 12.3. The number of piperidine rings is 1. The van der Waals surface area contributed by atoms with Gasteiger partial charge in [-0.25, -0.2) is 0 Å². The maximum absolute atomic E-state index is 12.3. The van der Waals surface area contributed by atoms with Crippen molar-refractivity contribution in [1.82, 2.24) is 10.3 Å². The molecule has 1 saturated carbocycles. The van der Waals surface area contributed by atoms with Crippen molar-refractivity contribution in [3.05, 3.63) is 0 Å². The fourth-order valence-corrected chi connectivity index (χ4v) is 2.65. The van der Waals surface area contributed by atoms with Crippen LogP contribution in [0.25, 0.3) is 0 Å². The molecule has 92 valence electrons. The minimum Gasteiger partial charge on any atom is -0.342 e. The first kappa shape index (κ1) is 11.9. The molecule has 0 unspecified atom stereocenters. The lowest BCUT2D eigenvalue weighted by atomic mass is 9.69. The quantitative estimate of drug-likeness (QED) is 0.545. The van der Waals surface area contributed by atoms with Gasteiger partial charge in [-0.2, -0.15) is 0 Å². The first-order valence-corrected chi connectivity index (χ1v) is 6.26. The number of rotatable bonds is 2. The molecular formula is C12H23N3O. The van der Waals surface area contributed by atoms with Gasteiger partial charge in [0.15, 0.2) is 0 Å². The molecule has 1 heterocycles. The third kappa shape index (κ3) is 1.96. The van der Waals surface area contributed by atoms with E-state index in [2.05, 4.69) is 19.3 Å². The van der Waals surface area contributed by atoms with Gasteiger partial charge in [0.1, 0.15) is 0 Å². The molecule has 1 aliphatic heterocycles. The van der Waals surface area contributed by atoms with E-state index in [9.17, 15) is 4.79 Å². The summed E-state index contributed by atoms with van der Waals surface area (Å²) in [5.74, 6) is 5.89. The van der Waals surface area contributed by atoms with Crippen LogP contribution in [0.15, 0.2) is 0 Å². The van der Waals surface area contributed by atoms with Crippen LogP contribution in [-0.2, 0) is 4.79 Å². The number of nitrogens with two attached hydrogens (primary N) is 1. The number of amides is 1. The van der Waals surface area contributed by atoms with Gasteiger partial charge in [-0.1, -0.05) is 13.3 Å². The van der Waals surface area contributed by atoms with E-state index in [1.807, 2.05) is 4.90 Å². The van der Waals surface area contributed by atoms with Crippen LogP contribution in [-0.4, -0.2) is 29.4 Å². The molecule has 0 bridgehead atoms. The molecule has 0 spiro atoms. The Balaban J connectivity index is 1.92. The Labute approximate surface area is 97.5 Å². The molecular weight excluding hydrogens is 202 g/mol. The number of hydrogen-bond donors (Lipinski definition) is 2. The number of carbonyl (C=O) groups is 1. The van der Waals surface area contributed by atoms with Gasteiger partial charge in [-0.15, -0.1) is 0 Å². The Morgan fingerprint density at radius 1 is 1.19 bits per heavy atom. The highest BCUT2D eigenvalue weighted by Gasteiger charge is 2.43. The molecule has 0 aromatic heterocycles. The van der Waals surface area contributed by atoms with E-state index in [0.29, 0.717) is 5.91 Å². The summed E-state index contributed by atoms with van der Waals surface area (Å²) in [6.45, 7) is 5.91. The van der Waals surface area contributed by atoms with Gasteiger partial charge in [-0.05, 0) is 32.6 Å². The highest BCUT2D eigenvalue weighted by atomic mass is 16.2. The molecule has 0 aromatic rings. The zero-order valence-corrected chi connectivity index (χ0v) is 10.4. The summed E-state index contributed by atoms with van der Waals surface area (Å²) in [5.41, 5.74) is 2.83. The molecule has 2 rings (SSSR count). The Morgan fingerprint density at radius 2 is 1.75 bits per heavy atom. The first-order valence-electron chi connectivity index (χ1n) is 6.26. The predicted molar refractivity (Wildman–Crippen MR) is 63.5 cm³/mol. The van der Waals surface area contributed by atoms with Crippen molar-refractivity contribution < 1.29 is 4.79 Å². The second kappa shape index (κ2) is 4.00. The number of carbonyl (C=O) groups excluding carboxylic acids is 1. The van der Waals surface area contributed by atoms with Crippen molar-refractivity contribution in [1.29, 1.82) is 0 Å². The number of hydrazine groups is 1. The van der Waals surface area contributed by atoms with E-state index in [1.54, 1.807) is 0 Å². The van der Waals surface area contributed by atoms with E-state index in [4.69, 9.17) is 5.84 Å². The Morgan fingerprint density at radius 3 is 2.12 bits per heavy atom. The van der Waals surface area contributed by atoms with Crippen LogP contribution in [0.5, 0.6) is 0 Å². The number of nitrogens with one attached hydrogen (secondary N) is 1. The second-order valence-electron chi connectivity index (χ2n) is 5.91. The highest BCUT2D eigenvalue weighted by Crippen LogP contribution is 2.42. The minimum absolute atomic E-state index is 0.0112. The van der Waals surface area contributed by atoms with Crippen LogP contribution in [0.1, 0.15) is 46.0 Å². The van der Waals surface area contributed by atoms with Crippen molar-refractivity contribution in [3.63, 3.8) is 0 Å². The molecule has 4 nitrogen and oxygen atoms in total. The third-order valence-electron chi connectivity index (χ3n) is 4.48. The number of likely N-dealkylation sites (tertiary alicyclic amines) is 1. The summed E-state index contributed by atoms with van der Waals surface area (Å²) in [7, 11) is 0. The monoisotopic (exact) mass is 225 g/mol. The zero-order valence-electron chi connectivity index (χ0n) is 10.4. The normalized spacial score (nSPS) is 27.3. The third-order valence-corrected chi connectivity index (χ3v) is 4.48. The molecule has 4 heteroatoms. The van der Waals surface area contributed by atoms with E-state index < -0.39 is 0 Å². The topological polar surface area (TPSA) is 58.4 Å². The van der Waals surface area contributed by atoms with E-state index >= 15 is 0 Å². The predicted octanol–water partition coefficient (Wildman–Crippen LogP) is 1.02. The first-order chi connectivity index (χ1) is 7.49. The van der Waals surface area contributed by atoms with E-state index in [0.717, 1.165) is 38.8 Å².